The molecule has 4 aromatic heterocycles. The van der Waals surface area contributed by atoms with E-state index in [1.165, 1.54) is 38.9 Å². The van der Waals surface area contributed by atoms with Crippen molar-refractivity contribution in [2.24, 2.45) is 0 Å². The molecular formula is C68H78N18O16S3. The predicted octanol–water partition coefficient (Wildman–Crippen LogP) is -1.02. The Morgan fingerprint density at radius 3 is 1.38 bits per heavy atom. The lowest BCUT2D eigenvalue weighted by Crippen LogP contribution is -2.62. The van der Waals surface area contributed by atoms with Crippen molar-refractivity contribution < 1.29 is 77.3 Å². The van der Waals surface area contributed by atoms with Gasteiger partial charge in [-0.1, -0.05) is 88.3 Å². The summed E-state index contributed by atoms with van der Waals surface area (Å²) in [6.45, 7) is 2.42. The summed E-state index contributed by atoms with van der Waals surface area (Å²) in [6, 6.07) is 4.92. The first-order valence-corrected chi connectivity index (χ1v) is 37.0. The first-order valence-electron chi connectivity index (χ1n) is 33.5. The molecule has 3 saturated heterocycles. The second-order valence-corrected chi connectivity index (χ2v) is 28.8. The number of fused-ring (bicyclic) bond motifs is 7. The number of carbonyl (C=O) groups excluding carboxylic acids is 12. The van der Waals surface area contributed by atoms with Gasteiger partial charge in [-0.3, -0.25) is 67.1 Å². The predicted molar refractivity (Wildman–Crippen MR) is 383 cm³/mol. The summed E-state index contributed by atoms with van der Waals surface area (Å²) >= 11 is 1.15. The van der Waals surface area contributed by atoms with Crippen LogP contribution in [0.25, 0.3) is 21.8 Å². The zero-order valence-electron chi connectivity index (χ0n) is 56.6. The fraction of sp³-hybridized carbons (Fsp3) is 0.382. The zero-order chi connectivity index (χ0) is 74.8. The van der Waals surface area contributed by atoms with Gasteiger partial charge in [-0.25, -0.2) is 9.97 Å². The monoisotopic (exact) mass is 1500 g/mol. The van der Waals surface area contributed by atoms with Gasteiger partial charge in [0.1, 0.15) is 66.5 Å². The number of hydrogen-bond acceptors (Lipinski definition) is 19. The first kappa shape index (κ1) is 76.4. The maximum absolute atomic E-state index is 15.6. The number of amides is 12. The van der Waals surface area contributed by atoms with E-state index in [1.54, 1.807) is 91.3 Å². The fourth-order valence-electron chi connectivity index (χ4n) is 12.0. The van der Waals surface area contributed by atoms with Gasteiger partial charge < -0.3 is 93.5 Å². The maximum atomic E-state index is 15.6. The van der Waals surface area contributed by atoms with Crippen molar-refractivity contribution in [2.75, 3.05) is 17.4 Å². The number of aromatic nitrogens is 6. The number of aliphatic carboxylic acids is 2. The Balaban J connectivity index is 1.09. The van der Waals surface area contributed by atoms with Crippen LogP contribution in [0.2, 0.25) is 0 Å². The van der Waals surface area contributed by atoms with E-state index in [2.05, 4.69) is 88.4 Å². The molecule has 37 heteroatoms. The van der Waals surface area contributed by atoms with E-state index >= 15 is 38.4 Å². The molecule has 3 aliphatic heterocycles. The number of carboxylic acid groups (broad SMARTS) is 2. The largest absolute Gasteiger partial charge is 0.481 e. The number of carbonyl (C=O) groups is 14. The molecule has 12 atom stereocenters. The molecule has 34 nitrogen and oxygen atoms in total. The molecule has 0 radical (unpaired) electrons. The van der Waals surface area contributed by atoms with E-state index < -0.39 is 186 Å². The number of aromatic amines is 4. The zero-order valence-corrected chi connectivity index (χ0v) is 59.0. The Morgan fingerprint density at radius 2 is 0.867 bits per heavy atom. The molecule has 17 N–H and O–H groups in total. The Kier molecular flexibility index (Phi) is 26.1. The van der Waals surface area contributed by atoms with E-state index in [0.29, 0.717) is 55.0 Å². The second kappa shape index (κ2) is 35.8. The topological polar surface area (TPSA) is 504 Å². The molecular weight excluding hydrogens is 1420 g/mol. The Bertz CT molecular complexity index is 4350. The van der Waals surface area contributed by atoms with Gasteiger partial charge in [0, 0.05) is 103 Å². The fourth-order valence-corrected chi connectivity index (χ4v) is 15.5. The van der Waals surface area contributed by atoms with Crippen molar-refractivity contribution >= 4 is 138 Å². The molecule has 7 aromatic rings. The molecule has 0 spiro atoms. The summed E-state index contributed by atoms with van der Waals surface area (Å²) < 4.78 is 0. The summed E-state index contributed by atoms with van der Waals surface area (Å²) in [5, 5.41) is 47.9. The van der Waals surface area contributed by atoms with Crippen molar-refractivity contribution in [3.63, 3.8) is 0 Å². The highest BCUT2D eigenvalue weighted by Gasteiger charge is 2.43. The van der Waals surface area contributed by atoms with Gasteiger partial charge in [0.05, 0.1) is 29.9 Å². The summed E-state index contributed by atoms with van der Waals surface area (Å²) in [5.74, 6) is -15.6. The number of rotatable bonds is 16. The van der Waals surface area contributed by atoms with Crippen molar-refractivity contribution in [1.82, 2.24) is 93.3 Å². The van der Waals surface area contributed by atoms with Gasteiger partial charge in [0.15, 0.2) is 5.37 Å². The average molecular weight is 1500 g/mol. The standard InChI is InChI=1S/C68H78N18O16S3/c1-34-56(91)77-46(17-19-55(89)90)59(94)78-45(16-18-54(87)88)58(93)75-35(2)57(92)79-49(22-38-26-72-44-15-9-7-13-42(38)44)64(99)85-67-68(102)86-33-103-30-53(86)66(101)83-51(24-40-28-70-32-74-40)63(98)80-47(20-36-10-4-3-5-11-36)60(95)82-50(23-39-27-69-31-73-39)62(97)81-48(21-37-25-71-43-14-8-6-12-41(37)43)61(96)84-52(29-104-105-67)65(100)76-34/h3-15,25-28,31-32,34-35,45-53,67,71-72H,16-24,29-30,33H2,1-2H3,(H,69,73)(H,70,74)(H,75,93)(H,76,100)(H,77,91)(H,78,94)(H,79,92)(H,80,98)(H,81,97)(H,82,95)(H,83,101)(H,84,96)(H,85,99)(H,87,88)(H,89,90)/t34-,35-,45-,46-,47+,48-,49-,50-,51-,52-,53-,67-/m0/s1. The number of thioether (sulfide) groups is 1. The Hall–Kier alpha value is -11.2. The highest BCUT2D eigenvalue weighted by molar-refractivity contribution is 8.77. The van der Waals surface area contributed by atoms with Crippen LogP contribution in [0.15, 0.2) is 116 Å². The van der Waals surface area contributed by atoms with Crippen LogP contribution < -0.4 is 58.5 Å². The average Bonchev–Trinajstić information content (AvgIpc) is 1.64. The van der Waals surface area contributed by atoms with Crippen LogP contribution in [-0.2, 0) is 99.2 Å². The van der Waals surface area contributed by atoms with Crippen LogP contribution >= 0.6 is 33.3 Å². The summed E-state index contributed by atoms with van der Waals surface area (Å²) in [5.41, 5.74) is 3.39. The molecule has 0 aliphatic carbocycles. The highest BCUT2D eigenvalue weighted by Crippen LogP contribution is 2.32. The molecule has 12 amide bonds. The van der Waals surface area contributed by atoms with Gasteiger partial charge in [0.25, 0.3) is 5.91 Å². The third-order valence-corrected chi connectivity index (χ3v) is 21.2. The van der Waals surface area contributed by atoms with E-state index in [4.69, 9.17) is 0 Å². The number of nitrogens with one attached hydrogen (secondary N) is 15. The minimum absolute atomic E-state index is 0.0605. The van der Waals surface area contributed by atoms with Crippen LogP contribution in [0, 0.1) is 0 Å². The van der Waals surface area contributed by atoms with E-state index in [1.807, 2.05) is 0 Å². The lowest BCUT2D eigenvalue weighted by molar-refractivity contribution is -0.140. The van der Waals surface area contributed by atoms with Crippen molar-refractivity contribution in [1.29, 1.82) is 0 Å². The van der Waals surface area contributed by atoms with Gasteiger partial charge in [-0.2, -0.15) is 0 Å². The van der Waals surface area contributed by atoms with Crippen LogP contribution in [0.5, 0.6) is 0 Å². The molecule has 105 heavy (non-hydrogen) atoms. The van der Waals surface area contributed by atoms with Crippen molar-refractivity contribution in [2.45, 2.75) is 143 Å². The SMILES string of the molecule is C[C@@H]1NC(=O)[C@H](CCC(=O)O)NC(=O)[C@H](CCC(=O)O)NC(=O)[C@H](C)NC(=O)[C@@H]2CSS[C@H](NC(=O)[C@H](Cc3c[nH]c4ccccc34)NC1=O)C(=O)N1CSC[C@H]1C(=O)N[C@@H](Cc1c[nH]cn1)C(=O)N[C@H](Cc1ccccc1)C(=O)N[C@@H](Cc1c[nH]cn1)C(=O)N[C@@H](Cc1c[nH]c3ccccc13)C(=O)N2. The number of benzene rings is 3. The van der Waals surface area contributed by atoms with E-state index in [-0.39, 0.29) is 49.4 Å². The number of carboxylic acids is 2. The molecule has 0 saturated carbocycles. The van der Waals surface area contributed by atoms with Gasteiger partial charge in [-0.05, 0) is 55.5 Å². The molecule has 3 aromatic carbocycles. The maximum Gasteiger partial charge on any atom is 0.303 e. The number of para-hydroxylation sites is 2. The molecule has 7 heterocycles. The van der Waals surface area contributed by atoms with Gasteiger partial charge in [-0.15, -0.1) is 11.8 Å². The van der Waals surface area contributed by atoms with E-state index in [9.17, 15) is 39.0 Å². The molecule has 3 fully saturated rings. The highest BCUT2D eigenvalue weighted by atomic mass is 33.1. The van der Waals surface area contributed by atoms with Crippen LogP contribution in [-0.4, -0.2) is 217 Å². The lowest BCUT2D eigenvalue weighted by atomic mass is 10.0. The molecule has 10 rings (SSSR count). The van der Waals surface area contributed by atoms with Crippen LogP contribution in [0.3, 0.4) is 0 Å². The number of H-pyrrole nitrogens is 4. The van der Waals surface area contributed by atoms with E-state index in [0.717, 1.165) is 27.5 Å². The summed E-state index contributed by atoms with van der Waals surface area (Å²) in [7, 11) is 1.39. The Labute approximate surface area is 610 Å². The minimum Gasteiger partial charge on any atom is -0.481 e. The number of imidazole rings is 2. The third kappa shape index (κ3) is 20.6. The minimum atomic E-state index is -1.78. The van der Waals surface area contributed by atoms with Gasteiger partial charge in [0.2, 0.25) is 65.0 Å². The normalized spacial score (nSPS) is 25.0. The van der Waals surface area contributed by atoms with Gasteiger partial charge >= 0.3 is 11.9 Å². The molecule has 554 valence electrons. The quantitative estimate of drug-likeness (QED) is 0.0515. The van der Waals surface area contributed by atoms with Crippen molar-refractivity contribution in [3.8, 4) is 0 Å². The molecule has 0 unspecified atom stereocenters. The molecule has 3 aliphatic rings. The van der Waals surface area contributed by atoms with Crippen molar-refractivity contribution in [3.05, 3.63) is 144 Å². The lowest BCUT2D eigenvalue weighted by Gasteiger charge is -2.31. The number of hydrogen-bond donors (Lipinski definition) is 17. The molecule has 2 bridgehead atoms. The summed E-state index contributed by atoms with van der Waals surface area (Å²) in [6.07, 6.45) is 4.88. The second-order valence-electron chi connectivity index (χ2n) is 25.3. The Morgan fingerprint density at radius 1 is 0.448 bits per heavy atom. The summed E-state index contributed by atoms with van der Waals surface area (Å²) in [4.78, 5) is 225. The third-order valence-electron chi connectivity index (χ3n) is 17.6. The first-order chi connectivity index (χ1) is 50.4. The van der Waals surface area contributed by atoms with Crippen LogP contribution in [0.4, 0.5) is 0 Å². The smallest absolute Gasteiger partial charge is 0.303 e. The van der Waals surface area contributed by atoms with Crippen LogP contribution in [0.1, 0.15) is 67.6 Å². The number of nitrogens with zero attached hydrogens (tertiary/aromatic N) is 3.